The summed E-state index contributed by atoms with van der Waals surface area (Å²) in [4.78, 5) is -0.920. The molecule has 1 atom stereocenters. The summed E-state index contributed by atoms with van der Waals surface area (Å²) in [6.45, 7) is 0. The van der Waals surface area contributed by atoms with Crippen LogP contribution >= 0.6 is 0 Å². The van der Waals surface area contributed by atoms with E-state index in [1.807, 2.05) is 0 Å². The zero-order chi connectivity index (χ0) is 8.32. The van der Waals surface area contributed by atoms with E-state index in [0.717, 1.165) is 25.7 Å². The summed E-state index contributed by atoms with van der Waals surface area (Å²) in [5, 5.41) is 0. The Hall–Kier alpha value is 0.0700. The largest absolute Gasteiger partial charge is 0.771 e. The minimum Gasteiger partial charge on any atom is -0.771 e. The zero-order valence-corrected chi connectivity index (χ0v) is 7.36. The first kappa shape index (κ1) is 9.16. The molecule has 0 aromatic heterocycles. The Morgan fingerprint density at radius 3 is 2.00 bits per heavy atom. The lowest BCUT2D eigenvalue weighted by Gasteiger charge is -2.30. The third kappa shape index (κ3) is 2.25. The van der Waals surface area contributed by atoms with E-state index < -0.39 is 16.0 Å². The van der Waals surface area contributed by atoms with E-state index in [1.54, 1.807) is 0 Å². The molecule has 4 heteroatoms. The van der Waals surface area contributed by atoms with Gasteiger partial charge < -0.3 is 10.3 Å². The van der Waals surface area contributed by atoms with Crippen LogP contribution in [0.2, 0.25) is 0 Å². The molecule has 11 heavy (non-hydrogen) atoms. The monoisotopic (exact) mass is 176 g/mol. The summed E-state index contributed by atoms with van der Waals surface area (Å²) in [6.07, 6.45) is 5.40. The molecule has 0 aromatic carbocycles. The standard InChI is InChI=1S/C7H15NO2S/c8-7(11(9)10)5-3-1-2-4-6-7/h1-6,8H2,(H,9,10)/p-1. The van der Waals surface area contributed by atoms with Gasteiger partial charge in [0.25, 0.3) is 0 Å². The maximum absolute atomic E-state index is 10.7. The van der Waals surface area contributed by atoms with Gasteiger partial charge in [0.15, 0.2) is 0 Å². The van der Waals surface area contributed by atoms with Gasteiger partial charge in [-0.1, -0.05) is 25.7 Å². The molecule has 0 amide bonds. The van der Waals surface area contributed by atoms with E-state index in [4.69, 9.17) is 5.73 Å². The van der Waals surface area contributed by atoms with Crippen LogP contribution in [-0.2, 0) is 11.1 Å². The second kappa shape index (κ2) is 3.65. The van der Waals surface area contributed by atoms with E-state index in [9.17, 15) is 8.76 Å². The molecule has 0 radical (unpaired) electrons. The third-order valence-electron chi connectivity index (χ3n) is 2.28. The van der Waals surface area contributed by atoms with Gasteiger partial charge in [0.1, 0.15) is 0 Å². The number of hydrogen-bond acceptors (Lipinski definition) is 3. The lowest BCUT2D eigenvalue weighted by atomic mass is 10.1. The SMILES string of the molecule is NC1(S(=O)[O-])CCCCCC1. The highest BCUT2D eigenvalue weighted by Crippen LogP contribution is 2.26. The molecule has 0 spiro atoms. The smallest absolute Gasteiger partial charge is 0.0788 e. The van der Waals surface area contributed by atoms with Crippen LogP contribution in [0.1, 0.15) is 38.5 Å². The van der Waals surface area contributed by atoms with E-state index in [1.165, 1.54) is 0 Å². The molecule has 3 nitrogen and oxygen atoms in total. The Labute approximate surface area is 69.6 Å². The second-order valence-electron chi connectivity index (χ2n) is 3.21. The van der Waals surface area contributed by atoms with Crippen molar-refractivity contribution in [2.45, 2.75) is 43.4 Å². The van der Waals surface area contributed by atoms with Crippen LogP contribution in [0, 0.1) is 0 Å². The molecule has 1 saturated carbocycles. The first-order valence-corrected chi connectivity index (χ1v) is 5.11. The molecule has 1 aliphatic carbocycles. The number of rotatable bonds is 1. The van der Waals surface area contributed by atoms with Crippen molar-refractivity contribution in [2.24, 2.45) is 5.73 Å². The van der Waals surface area contributed by atoms with Crippen LogP contribution < -0.4 is 5.73 Å². The average Bonchev–Trinajstić information content (AvgIpc) is 2.15. The normalized spacial score (nSPS) is 27.5. The lowest BCUT2D eigenvalue weighted by molar-refractivity contribution is 0.440. The number of hydrogen-bond donors (Lipinski definition) is 1. The second-order valence-corrected chi connectivity index (χ2v) is 4.50. The minimum atomic E-state index is -2.10. The summed E-state index contributed by atoms with van der Waals surface area (Å²) in [5.74, 6) is 0. The van der Waals surface area contributed by atoms with Crippen LogP contribution in [0.4, 0.5) is 0 Å². The Morgan fingerprint density at radius 2 is 1.64 bits per heavy atom. The van der Waals surface area contributed by atoms with Gasteiger partial charge in [0, 0.05) is 0 Å². The van der Waals surface area contributed by atoms with Gasteiger partial charge in [0.2, 0.25) is 0 Å². The Bertz CT molecular complexity index is 153. The predicted molar refractivity (Wildman–Crippen MR) is 43.5 cm³/mol. The average molecular weight is 176 g/mol. The molecule has 1 rings (SSSR count). The summed E-state index contributed by atoms with van der Waals surface area (Å²) in [6, 6.07) is 0. The maximum Gasteiger partial charge on any atom is 0.0788 e. The third-order valence-corrected chi connectivity index (χ3v) is 3.35. The van der Waals surface area contributed by atoms with Crippen LogP contribution in [0.5, 0.6) is 0 Å². The molecule has 1 unspecified atom stereocenters. The van der Waals surface area contributed by atoms with Gasteiger partial charge >= 0.3 is 0 Å². The van der Waals surface area contributed by atoms with Crippen molar-refractivity contribution in [1.29, 1.82) is 0 Å². The fraction of sp³-hybridized carbons (Fsp3) is 1.00. The van der Waals surface area contributed by atoms with Crippen molar-refractivity contribution < 1.29 is 8.76 Å². The highest BCUT2D eigenvalue weighted by molar-refractivity contribution is 7.80. The fourth-order valence-electron chi connectivity index (χ4n) is 1.49. The van der Waals surface area contributed by atoms with Crippen LogP contribution in [0.25, 0.3) is 0 Å². The van der Waals surface area contributed by atoms with Gasteiger partial charge in [0.05, 0.1) is 4.87 Å². The molecular weight excluding hydrogens is 162 g/mol. The van der Waals surface area contributed by atoms with Crippen LogP contribution in [0.15, 0.2) is 0 Å². The van der Waals surface area contributed by atoms with Crippen LogP contribution in [-0.4, -0.2) is 13.6 Å². The summed E-state index contributed by atoms with van der Waals surface area (Å²) in [5.41, 5.74) is 5.69. The molecule has 2 N–H and O–H groups in total. The predicted octanol–water partition coefficient (Wildman–Crippen LogP) is 0.875. The van der Waals surface area contributed by atoms with Crippen molar-refractivity contribution >= 4 is 11.1 Å². The van der Waals surface area contributed by atoms with Gasteiger partial charge in [-0.05, 0) is 23.9 Å². The van der Waals surface area contributed by atoms with Crippen molar-refractivity contribution in [3.8, 4) is 0 Å². The molecule has 1 fully saturated rings. The maximum atomic E-state index is 10.7. The Morgan fingerprint density at radius 1 is 1.18 bits per heavy atom. The first-order valence-electron chi connectivity index (χ1n) is 4.03. The quantitative estimate of drug-likeness (QED) is 0.476. The molecule has 0 aliphatic heterocycles. The van der Waals surface area contributed by atoms with Crippen molar-refractivity contribution in [3.05, 3.63) is 0 Å². The summed E-state index contributed by atoms with van der Waals surface area (Å²) >= 11 is -2.10. The number of nitrogens with two attached hydrogens (primary N) is 1. The molecular formula is C7H14NO2S-. The van der Waals surface area contributed by atoms with Gasteiger partial charge in [-0.25, -0.2) is 0 Å². The molecule has 1 aliphatic rings. The van der Waals surface area contributed by atoms with Gasteiger partial charge in [-0.2, -0.15) is 0 Å². The fourth-order valence-corrected chi connectivity index (χ4v) is 2.12. The van der Waals surface area contributed by atoms with Gasteiger partial charge in [-0.3, -0.25) is 4.21 Å². The molecule has 0 heterocycles. The highest BCUT2D eigenvalue weighted by atomic mass is 32.2. The minimum absolute atomic E-state index is 0.628. The van der Waals surface area contributed by atoms with E-state index >= 15 is 0 Å². The van der Waals surface area contributed by atoms with E-state index in [0.29, 0.717) is 12.8 Å². The van der Waals surface area contributed by atoms with Crippen LogP contribution in [0.3, 0.4) is 0 Å². The van der Waals surface area contributed by atoms with Crippen molar-refractivity contribution in [2.75, 3.05) is 0 Å². The molecule has 0 bridgehead atoms. The van der Waals surface area contributed by atoms with Crippen molar-refractivity contribution in [3.63, 3.8) is 0 Å². The first-order chi connectivity index (χ1) is 5.15. The molecule has 66 valence electrons. The molecule has 0 aromatic rings. The van der Waals surface area contributed by atoms with E-state index in [-0.39, 0.29) is 0 Å². The van der Waals surface area contributed by atoms with Gasteiger partial charge in [-0.15, -0.1) is 0 Å². The lowest BCUT2D eigenvalue weighted by Crippen LogP contribution is -2.43. The van der Waals surface area contributed by atoms with E-state index in [2.05, 4.69) is 0 Å². The Balaban J connectivity index is 2.59. The topological polar surface area (TPSA) is 66.2 Å². The summed E-state index contributed by atoms with van der Waals surface area (Å²) < 4.78 is 21.4. The zero-order valence-electron chi connectivity index (χ0n) is 6.54. The summed E-state index contributed by atoms with van der Waals surface area (Å²) in [7, 11) is 0. The van der Waals surface area contributed by atoms with Crippen molar-refractivity contribution in [1.82, 2.24) is 0 Å². The Kier molecular flexibility index (Phi) is 3.04. The highest BCUT2D eigenvalue weighted by Gasteiger charge is 2.26. The molecule has 0 saturated heterocycles.